The molecule has 0 saturated heterocycles. The maximum Gasteiger partial charge on any atom is 0.308 e. The average molecular weight is 332 g/mol. The van der Waals surface area contributed by atoms with Gasteiger partial charge in [-0.2, -0.15) is 0 Å². The van der Waals surface area contributed by atoms with Crippen molar-refractivity contribution >= 4 is 15.4 Å². The molecule has 132 valence electrons. The topological polar surface area (TPSA) is 35.5 Å². The fraction of sp³-hybridized carbons (Fsp3) is 0.944. The lowest BCUT2D eigenvalue weighted by atomic mass is 9.96. The summed E-state index contributed by atoms with van der Waals surface area (Å²) in [5.74, 6) is 0.390. The van der Waals surface area contributed by atoms with E-state index in [1.807, 2.05) is 6.92 Å². The molecule has 0 aromatic heterocycles. The highest BCUT2D eigenvalue weighted by atomic mass is 31.0. The third-order valence-corrected chi connectivity index (χ3v) is 4.56. The lowest BCUT2D eigenvalue weighted by Gasteiger charge is -2.17. The van der Waals surface area contributed by atoms with Crippen molar-refractivity contribution in [3.05, 3.63) is 0 Å². The first-order valence-corrected chi connectivity index (χ1v) is 9.62. The van der Waals surface area contributed by atoms with Crippen LogP contribution in [0.3, 0.4) is 0 Å². The largest absolute Gasteiger partial charge is 0.465 e. The summed E-state index contributed by atoms with van der Waals surface area (Å²) < 4.78 is 10.5. The van der Waals surface area contributed by atoms with E-state index in [1.165, 1.54) is 64.2 Å². The van der Waals surface area contributed by atoms with Crippen molar-refractivity contribution in [3.8, 4) is 0 Å². The van der Waals surface area contributed by atoms with Crippen molar-refractivity contribution in [1.82, 2.24) is 0 Å². The molecule has 0 aliphatic heterocycles. The van der Waals surface area contributed by atoms with Gasteiger partial charge >= 0.3 is 5.97 Å². The SMILES string of the molecule is CCCCCCCCC(CCCC)COC(=O)CC(C)OP. The molecular weight excluding hydrogens is 295 g/mol. The van der Waals surface area contributed by atoms with Crippen molar-refractivity contribution in [2.24, 2.45) is 5.92 Å². The minimum atomic E-state index is -0.139. The second-order valence-corrected chi connectivity index (χ2v) is 6.67. The molecule has 3 unspecified atom stereocenters. The molecule has 3 nitrogen and oxygen atoms in total. The Hall–Kier alpha value is -0.140. The van der Waals surface area contributed by atoms with Crippen LogP contribution in [-0.4, -0.2) is 18.7 Å². The van der Waals surface area contributed by atoms with Crippen LogP contribution in [0.1, 0.15) is 91.4 Å². The van der Waals surface area contributed by atoms with E-state index in [1.54, 1.807) is 0 Å². The van der Waals surface area contributed by atoms with Gasteiger partial charge in [-0.1, -0.05) is 65.2 Å². The van der Waals surface area contributed by atoms with Crippen molar-refractivity contribution in [2.75, 3.05) is 6.61 Å². The molecule has 0 amide bonds. The molecule has 22 heavy (non-hydrogen) atoms. The zero-order valence-electron chi connectivity index (χ0n) is 14.9. The molecule has 0 saturated carbocycles. The zero-order valence-corrected chi connectivity index (χ0v) is 16.1. The Morgan fingerprint density at radius 2 is 1.55 bits per heavy atom. The predicted molar refractivity (Wildman–Crippen MR) is 96.8 cm³/mol. The van der Waals surface area contributed by atoms with E-state index in [9.17, 15) is 4.79 Å². The first-order valence-electron chi connectivity index (χ1n) is 9.15. The number of hydrogen-bond donors (Lipinski definition) is 0. The van der Waals surface area contributed by atoms with Crippen LogP contribution in [0.2, 0.25) is 0 Å². The highest BCUT2D eigenvalue weighted by molar-refractivity contribution is 7.09. The second-order valence-electron chi connectivity index (χ2n) is 6.40. The van der Waals surface area contributed by atoms with E-state index in [4.69, 9.17) is 9.26 Å². The van der Waals surface area contributed by atoms with Crippen molar-refractivity contribution in [1.29, 1.82) is 0 Å². The van der Waals surface area contributed by atoms with Crippen molar-refractivity contribution < 1.29 is 14.1 Å². The van der Waals surface area contributed by atoms with Crippen molar-refractivity contribution in [2.45, 2.75) is 97.5 Å². The second kappa shape index (κ2) is 15.7. The predicted octanol–water partition coefficient (Wildman–Crippen LogP) is 5.67. The molecule has 0 N–H and O–H groups in total. The third-order valence-electron chi connectivity index (χ3n) is 4.10. The number of carbonyl (C=O) groups excluding carboxylic acids is 1. The molecule has 0 rings (SSSR count). The Bertz CT molecular complexity index is 259. The number of esters is 1. The van der Waals surface area contributed by atoms with Crippen LogP contribution >= 0.6 is 9.47 Å². The summed E-state index contributed by atoms with van der Waals surface area (Å²) in [5, 5.41) is 0. The molecule has 0 aromatic rings. The van der Waals surface area contributed by atoms with E-state index in [2.05, 4.69) is 23.3 Å². The monoisotopic (exact) mass is 332 g/mol. The summed E-state index contributed by atoms with van der Waals surface area (Å²) in [4.78, 5) is 11.7. The number of unbranched alkanes of at least 4 members (excludes halogenated alkanes) is 6. The zero-order chi connectivity index (χ0) is 16.6. The molecule has 0 bridgehead atoms. The van der Waals surface area contributed by atoms with E-state index in [-0.39, 0.29) is 12.1 Å². The first-order chi connectivity index (χ1) is 10.6. The Morgan fingerprint density at radius 3 is 2.18 bits per heavy atom. The van der Waals surface area contributed by atoms with Gasteiger partial charge in [0.25, 0.3) is 0 Å². The van der Waals surface area contributed by atoms with Crippen LogP contribution in [0.4, 0.5) is 0 Å². The van der Waals surface area contributed by atoms with Gasteiger partial charge in [0.1, 0.15) is 0 Å². The van der Waals surface area contributed by atoms with E-state index in [0.717, 1.165) is 0 Å². The van der Waals surface area contributed by atoms with Gasteiger partial charge in [0.05, 0.1) is 19.1 Å². The Kier molecular flexibility index (Phi) is 15.6. The lowest BCUT2D eigenvalue weighted by molar-refractivity contribution is -0.146. The molecule has 0 aliphatic rings. The highest BCUT2D eigenvalue weighted by Gasteiger charge is 2.14. The maximum absolute atomic E-state index is 11.7. The summed E-state index contributed by atoms with van der Waals surface area (Å²) in [6.45, 7) is 6.92. The normalized spacial score (nSPS) is 13.8. The van der Waals surface area contributed by atoms with Gasteiger partial charge in [0, 0.05) is 9.47 Å². The molecular formula is C18H37O3P. The van der Waals surface area contributed by atoms with Crippen LogP contribution in [0.25, 0.3) is 0 Å². The molecule has 4 heteroatoms. The maximum atomic E-state index is 11.7. The molecule has 0 aromatic carbocycles. The summed E-state index contributed by atoms with van der Waals surface area (Å²) in [7, 11) is 2.20. The molecule has 0 fully saturated rings. The number of carbonyl (C=O) groups is 1. The van der Waals surface area contributed by atoms with Gasteiger partial charge in [-0.05, 0) is 25.7 Å². The van der Waals surface area contributed by atoms with Gasteiger partial charge in [0.2, 0.25) is 0 Å². The standard InChI is InChI=1S/C18H37O3P/c1-4-6-8-9-10-11-13-17(12-7-5-2)15-20-18(19)14-16(3)21-22/h16-17H,4-15,22H2,1-3H3. The number of rotatable bonds is 15. The quantitative estimate of drug-likeness (QED) is 0.220. The molecule has 0 radical (unpaired) electrons. The Balaban J connectivity index is 3.88. The van der Waals surface area contributed by atoms with E-state index < -0.39 is 0 Å². The Morgan fingerprint density at radius 1 is 0.955 bits per heavy atom. The molecule has 0 heterocycles. The molecule has 0 aliphatic carbocycles. The van der Waals surface area contributed by atoms with Gasteiger partial charge in [-0.25, -0.2) is 0 Å². The third kappa shape index (κ3) is 13.5. The van der Waals surface area contributed by atoms with E-state index >= 15 is 0 Å². The van der Waals surface area contributed by atoms with Crippen LogP contribution in [-0.2, 0) is 14.1 Å². The van der Waals surface area contributed by atoms with Crippen LogP contribution < -0.4 is 0 Å². The van der Waals surface area contributed by atoms with Crippen LogP contribution in [0.15, 0.2) is 0 Å². The Labute approximate surface area is 140 Å². The lowest BCUT2D eigenvalue weighted by Crippen LogP contribution is -2.18. The number of hydrogen-bond acceptors (Lipinski definition) is 3. The summed E-state index contributed by atoms with van der Waals surface area (Å²) >= 11 is 0. The fourth-order valence-corrected chi connectivity index (χ4v) is 2.67. The van der Waals surface area contributed by atoms with Crippen molar-refractivity contribution in [3.63, 3.8) is 0 Å². The summed E-state index contributed by atoms with van der Waals surface area (Å²) in [5.41, 5.74) is 0. The van der Waals surface area contributed by atoms with Gasteiger partial charge in [0.15, 0.2) is 0 Å². The summed E-state index contributed by atoms with van der Waals surface area (Å²) in [6.07, 6.45) is 13.0. The molecule has 0 spiro atoms. The van der Waals surface area contributed by atoms with Crippen LogP contribution in [0.5, 0.6) is 0 Å². The molecule has 3 atom stereocenters. The van der Waals surface area contributed by atoms with Gasteiger partial charge < -0.3 is 9.26 Å². The van der Waals surface area contributed by atoms with Gasteiger partial charge in [-0.3, -0.25) is 4.79 Å². The minimum absolute atomic E-state index is 0.0924. The first kappa shape index (κ1) is 21.9. The van der Waals surface area contributed by atoms with Gasteiger partial charge in [-0.15, -0.1) is 0 Å². The fourth-order valence-electron chi connectivity index (χ4n) is 2.57. The minimum Gasteiger partial charge on any atom is -0.465 e. The van der Waals surface area contributed by atoms with Crippen LogP contribution in [0, 0.1) is 5.92 Å². The summed E-state index contributed by atoms with van der Waals surface area (Å²) in [6, 6.07) is 0. The average Bonchev–Trinajstić information content (AvgIpc) is 2.52. The van der Waals surface area contributed by atoms with E-state index in [0.29, 0.717) is 18.9 Å². The smallest absolute Gasteiger partial charge is 0.308 e. The highest BCUT2D eigenvalue weighted by Crippen LogP contribution is 2.19. The number of ether oxygens (including phenoxy) is 1.